The Kier molecular flexibility index (Phi) is 5.75. The van der Waals surface area contributed by atoms with Crippen LogP contribution in [0.1, 0.15) is 39.5 Å². The van der Waals surface area contributed by atoms with Gasteiger partial charge < -0.3 is 10.6 Å². The number of likely N-dealkylation sites (tertiary alicyclic amines) is 1. The van der Waals surface area contributed by atoms with Crippen LogP contribution >= 0.6 is 11.8 Å². The van der Waals surface area contributed by atoms with Gasteiger partial charge in [0.05, 0.1) is 6.04 Å². The molecule has 1 unspecified atom stereocenters. The van der Waals surface area contributed by atoms with Crippen molar-refractivity contribution in [3.8, 4) is 0 Å². The lowest BCUT2D eigenvalue weighted by Gasteiger charge is -2.35. The number of piperidine rings is 1. The Morgan fingerprint density at radius 2 is 2.05 bits per heavy atom. The molecule has 20 heavy (non-hydrogen) atoms. The average molecular weight is 299 g/mol. The highest BCUT2D eigenvalue weighted by Gasteiger charge is 2.36. The summed E-state index contributed by atoms with van der Waals surface area (Å²) in [5.41, 5.74) is 0. The van der Waals surface area contributed by atoms with Crippen molar-refractivity contribution in [1.82, 2.24) is 15.5 Å². The minimum Gasteiger partial charge on any atom is -0.353 e. The fraction of sp³-hybridized carbons (Fsp3) is 0.933. The third kappa shape index (κ3) is 4.12. The molecule has 0 bridgehead atoms. The van der Waals surface area contributed by atoms with Crippen LogP contribution in [-0.4, -0.2) is 60.1 Å². The van der Waals surface area contributed by atoms with Crippen LogP contribution in [0.3, 0.4) is 0 Å². The lowest BCUT2D eigenvalue weighted by molar-refractivity contribution is -0.126. The van der Waals surface area contributed by atoms with Gasteiger partial charge >= 0.3 is 0 Å². The summed E-state index contributed by atoms with van der Waals surface area (Å²) in [4.78, 5) is 14.9. The van der Waals surface area contributed by atoms with Crippen molar-refractivity contribution < 1.29 is 4.79 Å². The van der Waals surface area contributed by atoms with Gasteiger partial charge in [-0.15, -0.1) is 0 Å². The molecule has 2 fully saturated rings. The SMILES string of the molecule is CSC(C)(C)CNC(=O)C1CCCN1C1CCNCC1. The van der Waals surface area contributed by atoms with E-state index in [1.807, 2.05) is 0 Å². The number of hydrogen-bond donors (Lipinski definition) is 2. The molecule has 1 amide bonds. The molecular weight excluding hydrogens is 270 g/mol. The highest BCUT2D eigenvalue weighted by molar-refractivity contribution is 7.99. The van der Waals surface area contributed by atoms with E-state index >= 15 is 0 Å². The first kappa shape index (κ1) is 16.1. The zero-order valence-electron chi connectivity index (χ0n) is 13.1. The molecule has 2 aliphatic rings. The van der Waals surface area contributed by atoms with Crippen LogP contribution in [0.25, 0.3) is 0 Å². The van der Waals surface area contributed by atoms with E-state index in [9.17, 15) is 4.79 Å². The van der Waals surface area contributed by atoms with Gasteiger partial charge in [0.2, 0.25) is 5.91 Å². The zero-order chi connectivity index (χ0) is 14.6. The van der Waals surface area contributed by atoms with Crippen LogP contribution in [0.2, 0.25) is 0 Å². The van der Waals surface area contributed by atoms with E-state index in [4.69, 9.17) is 0 Å². The largest absolute Gasteiger partial charge is 0.353 e. The maximum atomic E-state index is 12.5. The minimum atomic E-state index is 0.107. The topological polar surface area (TPSA) is 44.4 Å². The summed E-state index contributed by atoms with van der Waals surface area (Å²) >= 11 is 1.80. The molecule has 0 radical (unpaired) electrons. The standard InChI is InChI=1S/C15H29N3OS/c1-15(2,20-3)11-17-14(19)13-5-4-10-18(13)12-6-8-16-9-7-12/h12-13,16H,4-11H2,1-3H3,(H,17,19). The molecule has 1 atom stereocenters. The third-order valence-electron chi connectivity index (χ3n) is 4.62. The van der Waals surface area contributed by atoms with Gasteiger partial charge in [0.25, 0.3) is 0 Å². The molecule has 0 aromatic carbocycles. The summed E-state index contributed by atoms with van der Waals surface area (Å²) in [7, 11) is 0. The molecule has 0 saturated carbocycles. The maximum absolute atomic E-state index is 12.5. The second-order valence-corrected chi connectivity index (χ2v) is 8.07. The molecule has 4 nitrogen and oxygen atoms in total. The van der Waals surface area contributed by atoms with E-state index in [1.54, 1.807) is 11.8 Å². The van der Waals surface area contributed by atoms with Gasteiger partial charge in [0.1, 0.15) is 0 Å². The van der Waals surface area contributed by atoms with Crippen molar-refractivity contribution in [1.29, 1.82) is 0 Å². The fourth-order valence-corrected chi connectivity index (χ4v) is 3.35. The summed E-state index contributed by atoms with van der Waals surface area (Å²) in [6.07, 6.45) is 6.65. The van der Waals surface area contributed by atoms with E-state index in [-0.39, 0.29) is 16.7 Å². The monoisotopic (exact) mass is 299 g/mol. The Morgan fingerprint density at radius 3 is 2.70 bits per heavy atom. The van der Waals surface area contributed by atoms with Gasteiger partial charge in [-0.2, -0.15) is 11.8 Å². The lowest BCUT2D eigenvalue weighted by atomic mass is 10.0. The van der Waals surface area contributed by atoms with E-state index in [2.05, 4.69) is 35.6 Å². The van der Waals surface area contributed by atoms with Gasteiger partial charge in [-0.05, 0) is 65.4 Å². The quantitative estimate of drug-likeness (QED) is 0.807. The number of nitrogens with zero attached hydrogens (tertiary/aromatic N) is 1. The van der Waals surface area contributed by atoms with Crippen LogP contribution < -0.4 is 10.6 Å². The molecule has 2 aliphatic heterocycles. The average Bonchev–Trinajstić information content (AvgIpc) is 2.95. The van der Waals surface area contributed by atoms with Crippen molar-refractivity contribution in [3.63, 3.8) is 0 Å². The normalized spacial score (nSPS) is 25.9. The molecule has 0 spiro atoms. The third-order valence-corrected chi connectivity index (χ3v) is 5.86. The Labute approximate surface area is 127 Å². The lowest BCUT2D eigenvalue weighted by Crippen LogP contribution is -2.52. The summed E-state index contributed by atoms with van der Waals surface area (Å²) in [5.74, 6) is 0.239. The first-order valence-electron chi connectivity index (χ1n) is 7.83. The molecule has 116 valence electrons. The molecule has 2 rings (SSSR count). The van der Waals surface area contributed by atoms with E-state index < -0.39 is 0 Å². The second kappa shape index (κ2) is 7.14. The van der Waals surface area contributed by atoms with Gasteiger partial charge in [-0.25, -0.2) is 0 Å². The Balaban J connectivity index is 1.87. The van der Waals surface area contributed by atoms with Crippen LogP contribution in [0.4, 0.5) is 0 Å². The highest BCUT2D eigenvalue weighted by Crippen LogP contribution is 2.25. The number of carbonyl (C=O) groups is 1. The number of carbonyl (C=O) groups excluding carboxylic acids is 1. The predicted molar refractivity (Wildman–Crippen MR) is 86.2 cm³/mol. The zero-order valence-corrected chi connectivity index (χ0v) is 13.9. The van der Waals surface area contributed by atoms with E-state index in [1.165, 1.54) is 12.8 Å². The minimum absolute atomic E-state index is 0.107. The van der Waals surface area contributed by atoms with Crippen LogP contribution in [0.5, 0.6) is 0 Å². The molecule has 2 saturated heterocycles. The second-order valence-electron chi connectivity index (χ2n) is 6.56. The van der Waals surface area contributed by atoms with Gasteiger partial charge in [0, 0.05) is 17.3 Å². The van der Waals surface area contributed by atoms with Crippen molar-refractivity contribution >= 4 is 17.7 Å². The van der Waals surface area contributed by atoms with Crippen molar-refractivity contribution in [2.45, 2.75) is 56.4 Å². The molecule has 5 heteroatoms. The number of thioether (sulfide) groups is 1. The fourth-order valence-electron chi connectivity index (χ4n) is 3.14. The summed E-state index contributed by atoms with van der Waals surface area (Å²) in [6.45, 7) is 8.39. The summed E-state index contributed by atoms with van der Waals surface area (Å²) in [5, 5.41) is 6.57. The highest BCUT2D eigenvalue weighted by atomic mass is 32.2. The van der Waals surface area contributed by atoms with Crippen molar-refractivity contribution in [3.05, 3.63) is 0 Å². The Morgan fingerprint density at radius 1 is 1.35 bits per heavy atom. The number of amides is 1. The maximum Gasteiger partial charge on any atom is 0.237 e. The molecule has 2 N–H and O–H groups in total. The van der Waals surface area contributed by atoms with E-state index in [0.29, 0.717) is 6.04 Å². The molecule has 0 aliphatic carbocycles. The molecule has 2 heterocycles. The Hall–Kier alpha value is -0.260. The first-order valence-corrected chi connectivity index (χ1v) is 9.05. The van der Waals surface area contributed by atoms with Gasteiger partial charge in [0.15, 0.2) is 0 Å². The van der Waals surface area contributed by atoms with Gasteiger partial charge in [-0.3, -0.25) is 9.69 Å². The Bertz CT molecular complexity index is 329. The molecular formula is C15H29N3OS. The van der Waals surface area contributed by atoms with Crippen LogP contribution in [0.15, 0.2) is 0 Å². The van der Waals surface area contributed by atoms with Crippen molar-refractivity contribution in [2.24, 2.45) is 0 Å². The number of nitrogens with one attached hydrogen (secondary N) is 2. The van der Waals surface area contributed by atoms with Crippen LogP contribution in [-0.2, 0) is 4.79 Å². The predicted octanol–water partition coefficient (Wildman–Crippen LogP) is 1.46. The van der Waals surface area contributed by atoms with E-state index in [0.717, 1.165) is 39.0 Å². The summed E-state index contributed by atoms with van der Waals surface area (Å²) in [6, 6.07) is 0.707. The van der Waals surface area contributed by atoms with Gasteiger partial charge in [-0.1, -0.05) is 0 Å². The molecule has 0 aromatic heterocycles. The number of rotatable bonds is 5. The summed E-state index contributed by atoms with van der Waals surface area (Å²) < 4.78 is 0.119. The first-order chi connectivity index (χ1) is 9.53. The number of hydrogen-bond acceptors (Lipinski definition) is 4. The van der Waals surface area contributed by atoms with Crippen LogP contribution in [0, 0.1) is 0 Å². The molecule has 0 aromatic rings. The van der Waals surface area contributed by atoms with Crippen molar-refractivity contribution in [2.75, 3.05) is 32.4 Å². The smallest absolute Gasteiger partial charge is 0.237 e.